The molecule has 0 spiro atoms. The summed E-state index contributed by atoms with van der Waals surface area (Å²) in [5.74, 6) is 0.808. The first-order chi connectivity index (χ1) is 4.10. The molecule has 0 heterocycles. The minimum atomic E-state index is 0.454. The second kappa shape index (κ2) is 1.98. The van der Waals surface area contributed by atoms with E-state index in [0.29, 0.717) is 11.5 Å². The van der Waals surface area contributed by atoms with E-state index in [9.17, 15) is 0 Å². The normalized spacial score (nSPS) is 38.7. The van der Waals surface area contributed by atoms with Crippen LogP contribution >= 0.6 is 0 Å². The second-order valence-electron chi connectivity index (χ2n) is 3.74. The molecule has 0 aromatic rings. The van der Waals surface area contributed by atoms with Gasteiger partial charge >= 0.3 is 0 Å². The van der Waals surface area contributed by atoms with Crippen molar-refractivity contribution in [1.82, 2.24) is 0 Å². The van der Waals surface area contributed by atoms with E-state index < -0.39 is 0 Å². The smallest absolute Gasteiger partial charge is 0.0128 e. The number of rotatable bonds is 2. The highest BCUT2D eigenvalue weighted by atomic mass is 14.8. The van der Waals surface area contributed by atoms with Crippen LogP contribution in [0.4, 0.5) is 0 Å². The zero-order valence-corrected chi connectivity index (χ0v) is 6.65. The van der Waals surface area contributed by atoms with Crippen molar-refractivity contribution in [2.24, 2.45) is 17.1 Å². The van der Waals surface area contributed by atoms with E-state index >= 15 is 0 Å². The summed E-state index contributed by atoms with van der Waals surface area (Å²) >= 11 is 0. The Morgan fingerprint density at radius 1 is 1.44 bits per heavy atom. The van der Waals surface area contributed by atoms with E-state index in [0.717, 1.165) is 5.92 Å². The van der Waals surface area contributed by atoms with Crippen molar-refractivity contribution in [3.8, 4) is 0 Å². The highest BCUT2D eigenvalue weighted by molar-refractivity contribution is 5.08. The molecule has 1 fully saturated rings. The minimum Gasteiger partial charge on any atom is -0.327 e. The Kier molecular flexibility index (Phi) is 1.55. The lowest BCUT2D eigenvalue weighted by atomic mass is 10.1. The molecule has 1 aliphatic rings. The molecule has 2 unspecified atom stereocenters. The van der Waals surface area contributed by atoms with Crippen LogP contribution in [0, 0.1) is 11.3 Å². The van der Waals surface area contributed by atoms with Crippen molar-refractivity contribution in [2.45, 2.75) is 39.7 Å². The SMILES string of the molecule is CCCC1C(N)C1(C)C. The molecule has 0 aromatic carbocycles. The first-order valence-corrected chi connectivity index (χ1v) is 3.86. The van der Waals surface area contributed by atoms with Gasteiger partial charge in [0.15, 0.2) is 0 Å². The van der Waals surface area contributed by atoms with Crippen molar-refractivity contribution in [3.63, 3.8) is 0 Å². The van der Waals surface area contributed by atoms with Gasteiger partial charge in [-0.05, 0) is 17.8 Å². The standard InChI is InChI=1S/C8H17N/c1-4-5-6-7(9)8(6,2)3/h6-7H,4-5,9H2,1-3H3. The maximum absolute atomic E-state index is 5.83. The monoisotopic (exact) mass is 127 g/mol. The van der Waals surface area contributed by atoms with E-state index in [2.05, 4.69) is 20.8 Å². The molecule has 1 saturated carbocycles. The summed E-state index contributed by atoms with van der Waals surface area (Å²) in [6, 6.07) is 0.484. The summed E-state index contributed by atoms with van der Waals surface area (Å²) in [4.78, 5) is 0. The molecule has 1 aliphatic carbocycles. The van der Waals surface area contributed by atoms with Gasteiger partial charge < -0.3 is 5.73 Å². The average molecular weight is 127 g/mol. The number of nitrogens with two attached hydrogens (primary N) is 1. The van der Waals surface area contributed by atoms with E-state index in [4.69, 9.17) is 5.73 Å². The summed E-state index contributed by atoms with van der Waals surface area (Å²) < 4.78 is 0. The summed E-state index contributed by atoms with van der Waals surface area (Å²) in [5.41, 5.74) is 6.28. The van der Waals surface area contributed by atoms with E-state index in [1.54, 1.807) is 0 Å². The lowest BCUT2D eigenvalue weighted by Crippen LogP contribution is -2.06. The van der Waals surface area contributed by atoms with Gasteiger partial charge in [0.05, 0.1) is 0 Å². The van der Waals surface area contributed by atoms with Crippen molar-refractivity contribution < 1.29 is 0 Å². The molecule has 0 amide bonds. The third kappa shape index (κ3) is 0.983. The Labute approximate surface area is 57.6 Å². The molecule has 2 atom stereocenters. The van der Waals surface area contributed by atoms with Crippen LogP contribution in [0.3, 0.4) is 0 Å². The third-order valence-corrected chi connectivity index (χ3v) is 2.74. The average Bonchev–Trinajstić information content (AvgIpc) is 2.19. The first kappa shape index (κ1) is 7.07. The highest BCUT2D eigenvalue weighted by Crippen LogP contribution is 2.52. The molecule has 1 rings (SSSR count). The van der Waals surface area contributed by atoms with Gasteiger partial charge in [-0.3, -0.25) is 0 Å². The van der Waals surface area contributed by atoms with Crippen molar-refractivity contribution in [1.29, 1.82) is 0 Å². The predicted molar refractivity (Wildman–Crippen MR) is 40.2 cm³/mol. The molecule has 0 radical (unpaired) electrons. The van der Waals surface area contributed by atoms with E-state index in [1.807, 2.05) is 0 Å². The topological polar surface area (TPSA) is 26.0 Å². The molecular formula is C8H17N. The first-order valence-electron chi connectivity index (χ1n) is 3.86. The summed E-state index contributed by atoms with van der Waals surface area (Å²) in [6.45, 7) is 6.75. The van der Waals surface area contributed by atoms with Gasteiger partial charge in [0.25, 0.3) is 0 Å². The van der Waals surface area contributed by atoms with Crippen LogP contribution in [0.15, 0.2) is 0 Å². The van der Waals surface area contributed by atoms with Crippen molar-refractivity contribution in [2.75, 3.05) is 0 Å². The van der Waals surface area contributed by atoms with Crippen LogP contribution in [0.5, 0.6) is 0 Å². The van der Waals surface area contributed by atoms with Crippen LogP contribution < -0.4 is 5.73 Å². The van der Waals surface area contributed by atoms with E-state index in [-0.39, 0.29) is 0 Å². The van der Waals surface area contributed by atoms with Gasteiger partial charge in [-0.25, -0.2) is 0 Å². The van der Waals surface area contributed by atoms with Crippen LogP contribution in [0.1, 0.15) is 33.6 Å². The molecule has 0 aliphatic heterocycles. The minimum absolute atomic E-state index is 0.454. The van der Waals surface area contributed by atoms with Crippen molar-refractivity contribution in [3.05, 3.63) is 0 Å². The van der Waals surface area contributed by atoms with Gasteiger partial charge in [0.2, 0.25) is 0 Å². The fourth-order valence-electron chi connectivity index (χ4n) is 1.65. The zero-order chi connectivity index (χ0) is 7.07. The fourth-order valence-corrected chi connectivity index (χ4v) is 1.65. The van der Waals surface area contributed by atoms with E-state index in [1.165, 1.54) is 12.8 Å². The van der Waals surface area contributed by atoms with Gasteiger partial charge in [-0.1, -0.05) is 27.2 Å². The molecule has 1 heteroatoms. The summed E-state index contributed by atoms with van der Waals surface area (Å²) in [7, 11) is 0. The molecular weight excluding hydrogens is 110 g/mol. The Hall–Kier alpha value is -0.0400. The maximum atomic E-state index is 5.83. The maximum Gasteiger partial charge on any atom is 0.0128 e. The molecule has 2 N–H and O–H groups in total. The van der Waals surface area contributed by atoms with Crippen LogP contribution in [0.2, 0.25) is 0 Å². The fraction of sp³-hybridized carbons (Fsp3) is 1.00. The van der Waals surface area contributed by atoms with Crippen LogP contribution in [0.25, 0.3) is 0 Å². The largest absolute Gasteiger partial charge is 0.327 e. The predicted octanol–water partition coefficient (Wildman–Crippen LogP) is 1.77. The Morgan fingerprint density at radius 3 is 2.00 bits per heavy atom. The van der Waals surface area contributed by atoms with Gasteiger partial charge in [0.1, 0.15) is 0 Å². The van der Waals surface area contributed by atoms with Crippen LogP contribution in [-0.2, 0) is 0 Å². The summed E-state index contributed by atoms with van der Waals surface area (Å²) in [5, 5.41) is 0. The Balaban J connectivity index is 2.33. The third-order valence-electron chi connectivity index (χ3n) is 2.74. The second-order valence-corrected chi connectivity index (χ2v) is 3.74. The number of hydrogen-bond acceptors (Lipinski definition) is 1. The van der Waals surface area contributed by atoms with Crippen molar-refractivity contribution >= 4 is 0 Å². The molecule has 0 saturated heterocycles. The molecule has 0 bridgehead atoms. The molecule has 0 aromatic heterocycles. The number of hydrogen-bond donors (Lipinski definition) is 1. The molecule has 54 valence electrons. The lowest BCUT2D eigenvalue weighted by molar-refractivity contribution is 0.525. The van der Waals surface area contributed by atoms with Gasteiger partial charge in [-0.2, -0.15) is 0 Å². The Morgan fingerprint density at radius 2 is 1.89 bits per heavy atom. The van der Waals surface area contributed by atoms with Gasteiger partial charge in [-0.15, -0.1) is 0 Å². The zero-order valence-electron chi connectivity index (χ0n) is 6.65. The summed E-state index contributed by atoms with van der Waals surface area (Å²) in [6.07, 6.45) is 2.59. The quantitative estimate of drug-likeness (QED) is 0.601. The molecule has 9 heavy (non-hydrogen) atoms. The van der Waals surface area contributed by atoms with Crippen LogP contribution in [-0.4, -0.2) is 6.04 Å². The lowest BCUT2D eigenvalue weighted by Gasteiger charge is -1.97. The molecule has 1 nitrogen and oxygen atoms in total. The Bertz CT molecular complexity index is 107. The highest BCUT2D eigenvalue weighted by Gasteiger charge is 2.54. The van der Waals surface area contributed by atoms with Gasteiger partial charge in [0, 0.05) is 6.04 Å².